The summed E-state index contributed by atoms with van der Waals surface area (Å²) in [5.74, 6) is 0.00632. The highest BCUT2D eigenvalue weighted by molar-refractivity contribution is 5.85. The van der Waals surface area contributed by atoms with E-state index in [9.17, 15) is 9.59 Å². The number of ether oxygens (including phenoxy) is 3. The number of carbonyl (C=O) groups is 2. The van der Waals surface area contributed by atoms with Crippen molar-refractivity contribution in [3.05, 3.63) is 35.9 Å². The molecule has 0 bridgehead atoms. The number of halogens is 1. The number of rotatable bonds is 8. The van der Waals surface area contributed by atoms with Gasteiger partial charge < -0.3 is 25.3 Å². The third-order valence-corrected chi connectivity index (χ3v) is 3.67. The van der Waals surface area contributed by atoms with Crippen LogP contribution in [-0.4, -0.2) is 50.3 Å². The molecule has 0 unspecified atom stereocenters. The van der Waals surface area contributed by atoms with Crippen LogP contribution in [0, 0.1) is 0 Å². The number of aliphatic imine (C=N–C) groups is 1. The van der Waals surface area contributed by atoms with E-state index in [0.29, 0.717) is 12.4 Å². The maximum atomic E-state index is 11.9. The normalized spacial score (nSPS) is 16.8. The summed E-state index contributed by atoms with van der Waals surface area (Å²) in [5.41, 5.74) is 6.47. The van der Waals surface area contributed by atoms with Gasteiger partial charge in [0.2, 0.25) is 0 Å². The molecule has 1 aromatic carbocycles. The van der Waals surface area contributed by atoms with Gasteiger partial charge in [0.05, 0.1) is 32.2 Å². The fraction of sp³-hybridized carbons (Fsp3) is 0.471. The number of esters is 1. The highest BCUT2D eigenvalue weighted by Gasteiger charge is 2.24. The number of benzene rings is 1. The van der Waals surface area contributed by atoms with Crippen LogP contribution in [0.2, 0.25) is 0 Å². The van der Waals surface area contributed by atoms with Gasteiger partial charge in [0.15, 0.2) is 6.04 Å². The summed E-state index contributed by atoms with van der Waals surface area (Å²) in [6.07, 6.45) is 0.853. The van der Waals surface area contributed by atoms with E-state index in [1.54, 1.807) is 0 Å². The lowest BCUT2D eigenvalue weighted by Crippen LogP contribution is -2.45. The minimum atomic E-state index is -0.948. The SMILES string of the molecule is COC(=O)[C@H](COC[C@@H]1CCC(N)=N1)NC(=O)OCc1ccccc1.Cl. The van der Waals surface area contributed by atoms with Crippen molar-refractivity contribution < 1.29 is 23.8 Å². The lowest BCUT2D eigenvalue weighted by Gasteiger charge is -2.17. The van der Waals surface area contributed by atoms with Gasteiger partial charge in [-0.25, -0.2) is 9.59 Å². The molecule has 0 saturated carbocycles. The first-order valence-corrected chi connectivity index (χ1v) is 8.03. The maximum Gasteiger partial charge on any atom is 0.408 e. The Morgan fingerprint density at radius 3 is 2.69 bits per heavy atom. The van der Waals surface area contributed by atoms with Crippen LogP contribution in [0.4, 0.5) is 4.79 Å². The molecule has 0 spiro atoms. The summed E-state index contributed by atoms with van der Waals surface area (Å²) in [6, 6.07) is 8.28. The summed E-state index contributed by atoms with van der Waals surface area (Å²) in [4.78, 5) is 27.9. The van der Waals surface area contributed by atoms with Crippen LogP contribution >= 0.6 is 12.4 Å². The van der Waals surface area contributed by atoms with Crippen molar-refractivity contribution in [1.82, 2.24) is 5.32 Å². The van der Waals surface area contributed by atoms with Crippen molar-refractivity contribution in [3.63, 3.8) is 0 Å². The van der Waals surface area contributed by atoms with Gasteiger partial charge in [-0.2, -0.15) is 0 Å². The second-order valence-electron chi connectivity index (χ2n) is 5.63. The molecule has 0 aliphatic carbocycles. The first-order valence-electron chi connectivity index (χ1n) is 8.03. The second kappa shape index (κ2) is 11.3. The molecule has 0 saturated heterocycles. The zero-order valence-electron chi connectivity index (χ0n) is 14.6. The molecule has 0 aromatic heterocycles. The first kappa shape index (κ1) is 21.7. The molecule has 2 atom stereocenters. The molecule has 3 N–H and O–H groups in total. The summed E-state index contributed by atoms with van der Waals surface area (Å²) in [7, 11) is 1.24. The molecule has 1 amide bonds. The molecule has 1 aromatic rings. The molecule has 0 fully saturated rings. The highest BCUT2D eigenvalue weighted by Crippen LogP contribution is 2.11. The summed E-state index contributed by atoms with van der Waals surface area (Å²) in [6.45, 7) is 0.408. The zero-order valence-corrected chi connectivity index (χ0v) is 15.4. The summed E-state index contributed by atoms with van der Waals surface area (Å²) < 4.78 is 15.3. The third kappa shape index (κ3) is 7.28. The fourth-order valence-electron chi connectivity index (χ4n) is 2.34. The van der Waals surface area contributed by atoms with Crippen LogP contribution < -0.4 is 11.1 Å². The number of amides is 1. The monoisotopic (exact) mass is 385 g/mol. The number of amidine groups is 1. The highest BCUT2D eigenvalue weighted by atomic mass is 35.5. The van der Waals surface area contributed by atoms with E-state index in [1.807, 2.05) is 30.3 Å². The largest absolute Gasteiger partial charge is 0.467 e. The van der Waals surface area contributed by atoms with Gasteiger partial charge in [-0.3, -0.25) is 4.99 Å². The van der Waals surface area contributed by atoms with Crippen LogP contribution in [0.25, 0.3) is 0 Å². The summed E-state index contributed by atoms with van der Waals surface area (Å²) >= 11 is 0. The first-order chi connectivity index (χ1) is 12.1. The van der Waals surface area contributed by atoms with E-state index in [2.05, 4.69) is 15.0 Å². The van der Waals surface area contributed by atoms with Gasteiger partial charge >= 0.3 is 12.1 Å². The summed E-state index contributed by atoms with van der Waals surface area (Å²) in [5, 5.41) is 2.45. The Morgan fingerprint density at radius 1 is 1.35 bits per heavy atom. The van der Waals surface area contributed by atoms with Gasteiger partial charge in [-0.05, 0) is 12.0 Å². The van der Waals surface area contributed by atoms with E-state index in [4.69, 9.17) is 15.2 Å². The van der Waals surface area contributed by atoms with Gasteiger partial charge in [0.1, 0.15) is 6.61 Å². The molecule has 1 aliphatic rings. The van der Waals surface area contributed by atoms with E-state index in [-0.39, 0.29) is 31.7 Å². The van der Waals surface area contributed by atoms with E-state index < -0.39 is 18.1 Å². The van der Waals surface area contributed by atoms with Crippen molar-refractivity contribution in [2.45, 2.75) is 31.5 Å². The Labute approximate surface area is 158 Å². The Kier molecular flexibility index (Phi) is 9.46. The smallest absolute Gasteiger partial charge is 0.408 e. The lowest BCUT2D eigenvalue weighted by molar-refractivity contribution is -0.144. The Balaban J connectivity index is 0.00000338. The van der Waals surface area contributed by atoms with Gasteiger partial charge in [0, 0.05) is 6.42 Å². The standard InChI is InChI=1S/C17H23N3O5.ClH/c1-23-16(21)14(11-24-10-13-7-8-15(18)19-13)20-17(22)25-9-12-5-3-2-4-6-12;/h2-6,13-14H,7-11H2,1H3,(H2,18,19)(H,20,22);1H/t13-,14-;/m0./s1. The van der Waals surface area contributed by atoms with Gasteiger partial charge in [-0.1, -0.05) is 30.3 Å². The third-order valence-electron chi connectivity index (χ3n) is 3.67. The zero-order chi connectivity index (χ0) is 18.1. The number of alkyl carbamates (subject to hydrolysis) is 1. The van der Waals surface area contributed by atoms with Crippen LogP contribution in [0.5, 0.6) is 0 Å². The average Bonchev–Trinajstić information content (AvgIpc) is 3.04. The van der Waals surface area contributed by atoms with E-state index >= 15 is 0 Å². The van der Waals surface area contributed by atoms with Crippen LogP contribution in [-0.2, 0) is 25.6 Å². The number of hydrogen-bond donors (Lipinski definition) is 2. The predicted molar refractivity (Wildman–Crippen MR) is 98.3 cm³/mol. The molecule has 144 valence electrons. The van der Waals surface area contributed by atoms with Crippen molar-refractivity contribution in [2.75, 3.05) is 20.3 Å². The van der Waals surface area contributed by atoms with Crippen molar-refractivity contribution in [2.24, 2.45) is 10.7 Å². The molecular weight excluding hydrogens is 362 g/mol. The van der Waals surface area contributed by atoms with Crippen LogP contribution in [0.15, 0.2) is 35.3 Å². The number of nitrogens with two attached hydrogens (primary N) is 1. The second-order valence-corrected chi connectivity index (χ2v) is 5.63. The Bertz CT molecular complexity index is 612. The number of hydrogen-bond acceptors (Lipinski definition) is 7. The molecule has 8 nitrogen and oxygen atoms in total. The maximum absolute atomic E-state index is 11.9. The van der Waals surface area contributed by atoms with Crippen molar-refractivity contribution >= 4 is 30.3 Å². The lowest BCUT2D eigenvalue weighted by atomic mass is 10.2. The van der Waals surface area contributed by atoms with Crippen LogP contribution in [0.3, 0.4) is 0 Å². The number of carbonyl (C=O) groups excluding carboxylic acids is 2. The number of nitrogens with zero attached hydrogens (tertiary/aromatic N) is 1. The van der Waals surface area contributed by atoms with E-state index in [0.717, 1.165) is 18.4 Å². The molecule has 9 heteroatoms. The molecule has 1 aliphatic heterocycles. The van der Waals surface area contributed by atoms with Gasteiger partial charge in [0.25, 0.3) is 0 Å². The van der Waals surface area contributed by atoms with E-state index in [1.165, 1.54) is 7.11 Å². The number of nitrogens with one attached hydrogen (secondary N) is 1. The average molecular weight is 386 g/mol. The Morgan fingerprint density at radius 2 is 2.08 bits per heavy atom. The van der Waals surface area contributed by atoms with Crippen molar-refractivity contribution in [1.29, 1.82) is 0 Å². The van der Waals surface area contributed by atoms with Crippen LogP contribution in [0.1, 0.15) is 18.4 Å². The minimum Gasteiger partial charge on any atom is -0.467 e. The van der Waals surface area contributed by atoms with Crippen molar-refractivity contribution in [3.8, 4) is 0 Å². The topological polar surface area (TPSA) is 112 Å². The molecule has 1 heterocycles. The quantitative estimate of drug-likeness (QED) is 0.654. The fourth-order valence-corrected chi connectivity index (χ4v) is 2.34. The predicted octanol–water partition coefficient (Wildman–Crippen LogP) is 1.41. The molecule has 2 rings (SSSR count). The minimum absolute atomic E-state index is 0. The molecule has 0 radical (unpaired) electrons. The molecule has 26 heavy (non-hydrogen) atoms. The molecular formula is C17H24ClN3O5. The Hall–Kier alpha value is -2.32. The number of methoxy groups -OCH3 is 1. The van der Waals surface area contributed by atoms with Gasteiger partial charge in [-0.15, -0.1) is 12.4 Å².